The highest BCUT2D eigenvalue weighted by Crippen LogP contribution is 2.37. The van der Waals surface area contributed by atoms with E-state index in [0.717, 1.165) is 19.3 Å². The summed E-state index contributed by atoms with van der Waals surface area (Å²) in [5.74, 6) is 0.0418. The van der Waals surface area contributed by atoms with Gasteiger partial charge in [0.2, 0.25) is 0 Å². The van der Waals surface area contributed by atoms with Crippen LogP contribution in [0.4, 0.5) is 17.1 Å². The first kappa shape index (κ1) is 20.7. The zero-order chi connectivity index (χ0) is 20.4. The second-order valence-corrected chi connectivity index (χ2v) is 8.66. The third kappa shape index (κ3) is 4.19. The summed E-state index contributed by atoms with van der Waals surface area (Å²) in [6, 6.07) is 5.21. The Labute approximate surface area is 168 Å². The van der Waals surface area contributed by atoms with E-state index in [4.69, 9.17) is 4.74 Å². The number of aromatic hydroxyl groups is 1. The number of nitrogens with zero attached hydrogens (tertiary/aromatic N) is 1. The first-order valence-electron chi connectivity index (χ1n) is 9.51. The molecule has 0 bridgehead atoms. The Hall–Kier alpha value is -2.03. The van der Waals surface area contributed by atoms with Crippen LogP contribution in [0.25, 0.3) is 0 Å². The van der Waals surface area contributed by atoms with Gasteiger partial charge in [0.1, 0.15) is 11.4 Å². The van der Waals surface area contributed by atoms with Crippen LogP contribution < -0.4 is 21.5 Å². The van der Waals surface area contributed by atoms with Crippen molar-refractivity contribution in [1.82, 2.24) is 4.31 Å². The normalized spacial score (nSPS) is 20.6. The van der Waals surface area contributed by atoms with Crippen molar-refractivity contribution in [3.05, 3.63) is 38.6 Å². The minimum Gasteiger partial charge on any atom is -0.505 e. The van der Waals surface area contributed by atoms with Gasteiger partial charge in [-0.15, -0.1) is 0 Å². The first-order valence-corrected chi connectivity index (χ1v) is 10.3. The standard InChI is InChI=1S/C20H27N3O4S/c1-5-12(14-10-9-11(2)27-14)21-16-17(20(26)19(16)25)22-13-7-6-8-15(18(13)24)28-23(3)4/h6-8,11-12,14,21-22,24H,5,9-10H2,1-4H3/t11?,12-,14?/m1/s1. The average molecular weight is 406 g/mol. The molecule has 0 amide bonds. The maximum absolute atomic E-state index is 12.2. The van der Waals surface area contributed by atoms with Gasteiger partial charge in [0, 0.05) is 0 Å². The van der Waals surface area contributed by atoms with E-state index in [-0.39, 0.29) is 35.4 Å². The summed E-state index contributed by atoms with van der Waals surface area (Å²) in [4.78, 5) is 25.0. The Bertz CT molecular complexity index is 907. The van der Waals surface area contributed by atoms with Crippen LogP contribution in [0, 0.1) is 0 Å². The zero-order valence-corrected chi connectivity index (χ0v) is 17.4. The van der Waals surface area contributed by atoms with Crippen LogP contribution in [0.2, 0.25) is 0 Å². The van der Waals surface area contributed by atoms with Crippen molar-refractivity contribution < 1.29 is 9.84 Å². The number of phenolic OH excluding ortho intramolecular Hbond substituents is 1. The molecule has 28 heavy (non-hydrogen) atoms. The van der Waals surface area contributed by atoms with Gasteiger partial charge in [-0.25, -0.2) is 0 Å². The van der Waals surface area contributed by atoms with Crippen molar-refractivity contribution in [3.8, 4) is 5.75 Å². The molecule has 0 aliphatic carbocycles. The summed E-state index contributed by atoms with van der Waals surface area (Å²) in [6.45, 7) is 4.06. The second kappa shape index (κ2) is 8.55. The molecule has 3 N–H and O–H groups in total. The van der Waals surface area contributed by atoms with Crippen molar-refractivity contribution in [1.29, 1.82) is 0 Å². The van der Waals surface area contributed by atoms with E-state index in [2.05, 4.69) is 10.6 Å². The van der Waals surface area contributed by atoms with Crippen molar-refractivity contribution in [2.45, 2.75) is 56.3 Å². The lowest BCUT2D eigenvalue weighted by atomic mass is 10.0. The molecule has 2 aromatic rings. The molecule has 2 aromatic carbocycles. The molecule has 0 spiro atoms. The zero-order valence-electron chi connectivity index (χ0n) is 16.6. The second-order valence-electron chi connectivity index (χ2n) is 7.31. The fraction of sp³-hybridized carbons (Fsp3) is 0.500. The summed E-state index contributed by atoms with van der Waals surface area (Å²) in [7, 11) is 3.75. The van der Waals surface area contributed by atoms with E-state index < -0.39 is 10.9 Å². The highest BCUT2D eigenvalue weighted by atomic mass is 32.2. The molecule has 2 unspecified atom stereocenters. The van der Waals surface area contributed by atoms with Crippen molar-refractivity contribution in [2.75, 3.05) is 24.7 Å². The number of anilines is 3. The molecule has 152 valence electrons. The highest BCUT2D eigenvalue weighted by Gasteiger charge is 2.31. The quantitative estimate of drug-likeness (QED) is 0.351. The molecule has 0 radical (unpaired) electrons. The molecule has 1 heterocycles. The first-order chi connectivity index (χ1) is 13.3. The van der Waals surface area contributed by atoms with Gasteiger partial charge in [0.05, 0.1) is 28.8 Å². The minimum absolute atomic E-state index is 0.0190. The number of rotatable bonds is 8. The fourth-order valence-corrected chi connectivity index (χ4v) is 4.18. The highest BCUT2D eigenvalue weighted by molar-refractivity contribution is 7.97. The molecule has 1 fully saturated rings. The molecule has 7 nitrogen and oxygen atoms in total. The van der Waals surface area contributed by atoms with E-state index in [1.54, 1.807) is 18.2 Å². The summed E-state index contributed by atoms with van der Waals surface area (Å²) in [5.41, 5.74) is -0.268. The van der Waals surface area contributed by atoms with Crippen molar-refractivity contribution in [2.24, 2.45) is 0 Å². The average Bonchev–Trinajstić information content (AvgIpc) is 3.09. The monoisotopic (exact) mass is 405 g/mol. The van der Waals surface area contributed by atoms with Crippen LogP contribution in [0.5, 0.6) is 5.75 Å². The molecule has 1 aliphatic heterocycles. The number of para-hydroxylation sites is 1. The largest absolute Gasteiger partial charge is 0.505 e. The summed E-state index contributed by atoms with van der Waals surface area (Å²) < 4.78 is 7.78. The Morgan fingerprint density at radius 2 is 1.96 bits per heavy atom. The third-order valence-corrected chi connectivity index (χ3v) is 5.82. The molecule has 8 heteroatoms. The van der Waals surface area contributed by atoms with E-state index in [9.17, 15) is 14.7 Å². The smallest absolute Gasteiger partial charge is 0.253 e. The lowest BCUT2D eigenvalue weighted by molar-refractivity contribution is 0.0438. The molecule has 0 aromatic heterocycles. The number of phenols is 1. The van der Waals surface area contributed by atoms with Gasteiger partial charge in [-0.2, -0.15) is 0 Å². The third-order valence-electron chi connectivity index (χ3n) is 4.93. The van der Waals surface area contributed by atoms with E-state index >= 15 is 0 Å². The number of nitrogens with one attached hydrogen (secondary N) is 2. The van der Waals surface area contributed by atoms with Crippen molar-refractivity contribution >= 4 is 29.0 Å². The molecule has 0 saturated carbocycles. The lowest BCUT2D eigenvalue weighted by Crippen LogP contribution is -2.42. The molecule has 1 saturated heterocycles. The fourth-order valence-electron chi connectivity index (χ4n) is 3.45. The van der Waals surface area contributed by atoms with Gasteiger partial charge in [-0.3, -0.25) is 13.9 Å². The SMILES string of the molecule is CC[C@@H](Nc1c(Nc2cccc(SN(C)C)c2O)c(=O)c1=O)C1CCC(C)O1. The van der Waals surface area contributed by atoms with Crippen molar-refractivity contribution in [3.63, 3.8) is 0 Å². The molecular formula is C20H27N3O4S. The van der Waals surface area contributed by atoms with E-state index in [1.807, 2.05) is 32.2 Å². The van der Waals surface area contributed by atoms with Crippen LogP contribution in [0.1, 0.15) is 33.1 Å². The number of hydrogen-bond donors (Lipinski definition) is 3. The Morgan fingerprint density at radius 1 is 1.25 bits per heavy atom. The van der Waals surface area contributed by atoms with Crippen LogP contribution >= 0.6 is 11.9 Å². The summed E-state index contributed by atoms with van der Waals surface area (Å²) >= 11 is 1.37. The van der Waals surface area contributed by atoms with Crippen LogP contribution in [-0.4, -0.2) is 41.8 Å². The number of benzene rings is 1. The van der Waals surface area contributed by atoms with E-state index in [1.165, 1.54) is 11.9 Å². The van der Waals surface area contributed by atoms with Gasteiger partial charge in [0.15, 0.2) is 5.75 Å². The van der Waals surface area contributed by atoms with Crippen LogP contribution in [0.15, 0.2) is 32.7 Å². The molecule has 1 aliphatic rings. The van der Waals surface area contributed by atoms with Gasteiger partial charge < -0.3 is 20.5 Å². The molecule has 3 atom stereocenters. The van der Waals surface area contributed by atoms with Gasteiger partial charge in [-0.05, 0) is 64.4 Å². The van der Waals surface area contributed by atoms with Crippen LogP contribution in [-0.2, 0) is 4.74 Å². The van der Waals surface area contributed by atoms with E-state index in [0.29, 0.717) is 10.6 Å². The van der Waals surface area contributed by atoms with Gasteiger partial charge >= 0.3 is 0 Å². The Balaban J connectivity index is 1.81. The summed E-state index contributed by atoms with van der Waals surface area (Å²) in [5, 5.41) is 16.7. The number of hydrogen-bond acceptors (Lipinski definition) is 8. The minimum atomic E-state index is -0.580. The Morgan fingerprint density at radius 3 is 2.57 bits per heavy atom. The maximum Gasteiger partial charge on any atom is 0.253 e. The summed E-state index contributed by atoms with van der Waals surface area (Å²) in [6.07, 6.45) is 2.92. The topological polar surface area (TPSA) is 90.9 Å². The maximum atomic E-state index is 12.2. The molecule has 3 rings (SSSR count). The van der Waals surface area contributed by atoms with Gasteiger partial charge in [-0.1, -0.05) is 13.0 Å². The predicted molar refractivity (Wildman–Crippen MR) is 114 cm³/mol. The Kier molecular flexibility index (Phi) is 6.32. The van der Waals surface area contributed by atoms with Gasteiger partial charge in [0.25, 0.3) is 10.9 Å². The lowest BCUT2D eigenvalue weighted by Gasteiger charge is -2.26. The van der Waals surface area contributed by atoms with Crippen LogP contribution in [0.3, 0.4) is 0 Å². The number of ether oxygens (including phenoxy) is 1. The molecular weight excluding hydrogens is 378 g/mol. The predicted octanol–water partition coefficient (Wildman–Crippen LogP) is 3.06.